The van der Waals surface area contributed by atoms with Crippen molar-refractivity contribution in [2.75, 3.05) is 11.9 Å². The van der Waals surface area contributed by atoms with E-state index < -0.39 is 17.7 Å². The van der Waals surface area contributed by atoms with Gasteiger partial charge in [-0.05, 0) is 110 Å². The summed E-state index contributed by atoms with van der Waals surface area (Å²) >= 11 is 6.18. The molecule has 41 heavy (non-hydrogen) atoms. The Morgan fingerprint density at radius 3 is 2.76 bits per heavy atom. The monoisotopic (exact) mass is 576 g/mol. The van der Waals surface area contributed by atoms with Gasteiger partial charge in [0.2, 0.25) is 0 Å². The molecule has 0 bridgehead atoms. The zero-order valence-electron chi connectivity index (χ0n) is 23.5. The van der Waals surface area contributed by atoms with Crippen LogP contribution in [0.4, 0.5) is 10.1 Å². The number of rotatable bonds is 8. The van der Waals surface area contributed by atoms with Crippen LogP contribution in [0.2, 0.25) is 5.02 Å². The van der Waals surface area contributed by atoms with E-state index in [1.165, 1.54) is 11.1 Å². The third kappa shape index (κ3) is 5.31. The number of benzene rings is 2. The molecule has 3 aromatic rings. The first-order valence-electron chi connectivity index (χ1n) is 14.9. The van der Waals surface area contributed by atoms with Crippen molar-refractivity contribution in [1.82, 2.24) is 4.98 Å². The lowest BCUT2D eigenvalue weighted by atomic mass is 9.60. The van der Waals surface area contributed by atoms with Gasteiger partial charge < -0.3 is 15.2 Å². The van der Waals surface area contributed by atoms with Crippen LogP contribution in [0.15, 0.2) is 60.8 Å². The molecular formula is C34H38ClFN2O3. The Kier molecular flexibility index (Phi) is 7.71. The van der Waals surface area contributed by atoms with Gasteiger partial charge in [-0.1, -0.05) is 48.9 Å². The number of pyridine rings is 1. The molecule has 1 aromatic heterocycles. The third-order valence-corrected chi connectivity index (χ3v) is 10.2. The smallest absolute Gasteiger partial charge is 0.329 e. The van der Waals surface area contributed by atoms with Crippen LogP contribution in [-0.2, 0) is 23.1 Å². The maximum absolute atomic E-state index is 15.8. The number of carboxylic acid groups (broad SMARTS) is 1. The van der Waals surface area contributed by atoms with E-state index in [-0.39, 0.29) is 17.9 Å². The third-order valence-electron chi connectivity index (χ3n) is 9.95. The van der Waals surface area contributed by atoms with Crippen LogP contribution in [0.1, 0.15) is 80.2 Å². The molecule has 0 aliphatic heterocycles. The van der Waals surface area contributed by atoms with Gasteiger partial charge in [-0.15, -0.1) is 0 Å². The van der Waals surface area contributed by atoms with E-state index in [1.807, 2.05) is 24.3 Å². The highest BCUT2D eigenvalue weighted by Gasteiger charge is 2.54. The molecule has 6 rings (SSSR count). The Labute approximate surface area is 246 Å². The highest BCUT2D eigenvalue weighted by atomic mass is 35.5. The molecule has 1 saturated carbocycles. The number of nitrogens with zero attached hydrogens (tertiary/aromatic N) is 1. The van der Waals surface area contributed by atoms with E-state index in [1.54, 1.807) is 18.3 Å². The number of alkyl halides is 1. The van der Waals surface area contributed by atoms with Crippen LogP contribution in [-0.4, -0.2) is 34.4 Å². The molecule has 1 fully saturated rings. The summed E-state index contributed by atoms with van der Waals surface area (Å²) in [5, 5.41) is 14.2. The zero-order chi connectivity index (χ0) is 28.6. The summed E-state index contributed by atoms with van der Waals surface area (Å²) in [5.74, 6) is 0.360. The van der Waals surface area contributed by atoms with Crippen LogP contribution in [0.25, 0.3) is 0 Å². The van der Waals surface area contributed by atoms with Crippen LogP contribution in [0.5, 0.6) is 5.75 Å². The maximum Gasteiger partial charge on any atom is 0.329 e. The highest BCUT2D eigenvalue weighted by Crippen LogP contribution is 2.56. The van der Waals surface area contributed by atoms with Crippen molar-refractivity contribution in [3.8, 4) is 5.75 Å². The van der Waals surface area contributed by atoms with Crippen molar-refractivity contribution < 1.29 is 19.0 Å². The number of nitrogens with one attached hydrogen (secondary N) is 1. The van der Waals surface area contributed by atoms with E-state index in [0.717, 1.165) is 42.7 Å². The summed E-state index contributed by atoms with van der Waals surface area (Å²) in [5.41, 5.74) is 4.10. The lowest BCUT2D eigenvalue weighted by molar-refractivity contribution is -0.144. The van der Waals surface area contributed by atoms with Gasteiger partial charge in [0.25, 0.3) is 0 Å². The number of fused-ring (bicyclic) bond motifs is 3. The van der Waals surface area contributed by atoms with Crippen LogP contribution >= 0.6 is 11.6 Å². The van der Waals surface area contributed by atoms with Crippen LogP contribution in [0.3, 0.4) is 0 Å². The molecule has 0 amide bonds. The maximum atomic E-state index is 15.8. The molecule has 3 aliphatic rings. The Balaban J connectivity index is 1.19. The standard InChI is InChI=1S/C34H38ClFN2O3/c1-22-6-4-11-29-31(22)30(12-17-37-29)41-21-26(36)19-24-18-23-7-2-3-10-28(23)33(24)13-15-34(16-14-33,32(39)40)38-27-9-5-8-25(35)20-27/h2-3,5,7-10,12,17,20,22,24,26,38H,4,6,11,13-16,18-19,21H2,1H3,(H,39,40)/t22-,24?,26?,33?,34?/m1/s1. The molecule has 2 unspecified atom stereocenters. The fourth-order valence-corrected chi connectivity index (χ4v) is 8.03. The van der Waals surface area contributed by atoms with Gasteiger partial charge in [0.1, 0.15) is 24.1 Å². The first kappa shape index (κ1) is 28.0. The van der Waals surface area contributed by atoms with E-state index in [0.29, 0.717) is 48.7 Å². The van der Waals surface area contributed by atoms with E-state index in [4.69, 9.17) is 16.3 Å². The van der Waals surface area contributed by atoms with Gasteiger partial charge >= 0.3 is 5.97 Å². The highest BCUT2D eigenvalue weighted by molar-refractivity contribution is 6.30. The molecule has 3 atom stereocenters. The molecular weight excluding hydrogens is 539 g/mol. The number of hydrogen-bond acceptors (Lipinski definition) is 4. The molecule has 1 spiro atoms. The number of carboxylic acids is 1. The van der Waals surface area contributed by atoms with Gasteiger partial charge in [-0.25, -0.2) is 9.18 Å². The molecule has 0 radical (unpaired) electrons. The van der Waals surface area contributed by atoms with E-state index in [2.05, 4.69) is 35.4 Å². The van der Waals surface area contributed by atoms with Crippen LogP contribution < -0.4 is 10.1 Å². The second-order valence-electron chi connectivity index (χ2n) is 12.3. The first-order chi connectivity index (χ1) is 19.8. The van der Waals surface area contributed by atoms with Crippen molar-refractivity contribution in [2.45, 2.75) is 87.8 Å². The summed E-state index contributed by atoms with van der Waals surface area (Å²) in [7, 11) is 0. The fourth-order valence-electron chi connectivity index (χ4n) is 7.83. The number of aliphatic carboxylic acids is 1. The molecule has 3 aliphatic carbocycles. The van der Waals surface area contributed by atoms with E-state index in [9.17, 15) is 9.90 Å². The minimum absolute atomic E-state index is 0.0154. The molecule has 1 heterocycles. The number of aromatic nitrogens is 1. The number of halogens is 2. The number of aryl methyl sites for hydroxylation is 1. The number of anilines is 1. The lowest BCUT2D eigenvalue weighted by Gasteiger charge is -2.47. The average molecular weight is 577 g/mol. The van der Waals surface area contributed by atoms with Crippen molar-refractivity contribution in [3.63, 3.8) is 0 Å². The number of hydrogen-bond donors (Lipinski definition) is 2. The van der Waals surface area contributed by atoms with Crippen molar-refractivity contribution >= 4 is 23.3 Å². The van der Waals surface area contributed by atoms with Gasteiger partial charge in [0, 0.05) is 28.2 Å². The average Bonchev–Trinajstić information content (AvgIpc) is 3.25. The molecule has 5 nitrogen and oxygen atoms in total. The Morgan fingerprint density at radius 2 is 1.98 bits per heavy atom. The van der Waals surface area contributed by atoms with Gasteiger partial charge in [0.15, 0.2) is 0 Å². The summed E-state index contributed by atoms with van der Waals surface area (Å²) in [6.45, 7) is 2.21. The quantitative estimate of drug-likeness (QED) is 0.285. The molecule has 216 valence electrons. The first-order valence-corrected chi connectivity index (χ1v) is 15.3. The molecule has 0 saturated heterocycles. The molecule has 7 heteroatoms. The van der Waals surface area contributed by atoms with Gasteiger partial charge in [-0.2, -0.15) is 0 Å². The Hall–Kier alpha value is -3.12. The van der Waals surface area contributed by atoms with Crippen molar-refractivity contribution in [1.29, 1.82) is 0 Å². The minimum atomic E-state index is -1.12. The minimum Gasteiger partial charge on any atom is -0.490 e. The number of carbonyl (C=O) groups is 1. The SMILES string of the molecule is C[C@@H]1CCCc2nccc(OCC(F)CC3Cc4ccccc4C34CCC(Nc3cccc(Cl)c3)(C(=O)O)CC4)c21. The van der Waals surface area contributed by atoms with E-state index >= 15 is 4.39 Å². The molecule has 2 N–H and O–H groups in total. The largest absolute Gasteiger partial charge is 0.490 e. The van der Waals surface area contributed by atoms with Gasteiger partial charge in [0.05, 0.1) is 0 Å². The normalized spacial score (nSPS) is 27.6. The van der Waals surface area contributed by atoms with Crippen LogP contribution in [0, 0.1) is 5.92 Å². The summed E-state index contributed by atoms with van der Waals surface area (Å²) in [6, 6.07) is 17.5. The Bertz CT molecular complexity index is 1420. The lowest BCUT2D eigenvalue weighted by Crippen LogP contribution is -2.53. The second-order valence-corrected chi connectivity index (χ2v) is 12.8. The zero-order valence-corrected chi connectivity index (χ0v) is 24.3. The van der Waals surface area contributed by atoms with Crippen molar-refractivity contribution in [2.24, 2.45) is 5.92 Å². The number of ether oxygens (including phenoxy) is 1. The van der Waals surface area contributed by atoms with Crippen molar-refractivity contribution in [3.05, 3.63) is 88.2 Å². The predicted molar refractivity (Wildman–Crippen MR) is 160 cm³/mol. The predicted octanol–water partition coefficient (Wildman–Crippen LogP) is 7.90. The summed E-state index contributed by atoms with van der Waals surface area (Å²) in [6.07, 6.45) is 7.28. The topological polar surface area (TPSA) is 71.5 Å². The fraction of sp³-hybridized carbons (Fsp3) is 0.471. The van der Waals surface area contributed by atoms with Gasteiger partial charge in [-0.3, -0.25) is 4.98 Å². The molecule has 2 aromatic carbocycles. The summed E-state index contributed by atoms with van der Waals surface area (Å²) in [4.78, 5) is 17.2. The summed E-state index contributed by atoms with van der Waals surface area (Å²) < 4.78 is 21.9. The Morgan fingerprint density at radius 1 is 1.17 bits per heavy atom. The second kappa shape index (κ2) is 11.3.